The number of alkyl halides is 1. The molecule has 1 fully saturated rings. The molecule has 0 saturated heterocycles. The Kier molecular flexibility index (Phi) is 3.43. The first-order valence-corrected chi connectivity index (χ1v) is 9.09. The average molecular weight is 365 g/mol. The highest BCUT2D eigenvalue weighted by molar-refractivity contribution is 5.92. The van der Waals surface area contributed by atoms with Crippen molar-refractivity contribution in [3.63, 3.8) is 0 Å². The van der Waals surface area contributed by atoms with Gasteiger partial charge in [0.05, 0.1) is 18.4 Å². The van der Waals surface area contributed by atoms with Gasteiger partial charge in [-0.3, -0.25) is 0 Å². The third-order valence-corrected chi connectivity index (χ3v) is 4.79. The van der Waals surface area contributed by atoms with Crippen molar-refractivity contribution in [2.24, 2.45) is 0 Å². The number of hydrogen-bond donors (Lipinski definition) is 2. The Hall–Kier alpha value is -3.03. The van der Waals surface area contributed by atoms with Crippen molar-refractivity contribution in [1.29, 1.82) is 0 Å². The van der Waals surface area contributed by atoms with Crippen molar-refractivity contribution >= 4 is 22.6 Å². The zero-order valence-electron chi connectivity index (χ0n) is 15.2. The summed E-state index contributed by atoms with van der Waals surface area (Å²) in [6.45, 7) is 3.17. The Labute approximate surface area is 155 Å². The molecule has 0 aromatic carbocycles. The smallest absolute Gasteiger partial charge is 0.224 e. The number of aromatic nitrogens is 6. The maximum atomic E-state index is 13.7. The Morgan fingerprint density at radius 2 is 2.15 bits per heavy atom. The number of nitrogens with zero attached hydrogens (tertiary/aromatic N) is 5. The molecule has 0 bridgehead atoms. The predicted octanol–water partition coefficient (Wildman–Crippen LogP) is 3.71. The van der Waals surface area contributed by atoms with Crippen LogP contribution in [-0.4, -0.2) is 41.8 Å². The van der Waals surface area contributed by atoms with E-state index in [2.05, 4.69) is 25.4 Å². The van der Waals surface area contributed by atoms with Gasteiger partial charge in [-0.1, -0.05) is 0 Å². The zero-order chi connectivity index (χ0) is 18.6. The van der Waals surface area contributed by atoms with Gasteiger partial charge in [0.15, 0.2) is 5.65 Å². The van der Waals surface area contributed by atoms with Crippen LogP contribution < -0.4 is 5.32 Å². The van der Waals surface area contributed by atoms with Gasteiger partial charge in [-0.25, -0.2) is 18.9 Å². The number of fused-ring (bicyclic) bond motifs is 2. The van der Waals surface area contributed by atoms with Crippen LogP contribution >= 0.6 is 0 Å². The third-order valence-electron chi connectivity index (χ3n) is 4.79. The van der Waals surface area contributed by atoms with Gasteiger partial charge in [-0.05, 0) is 38.7 Å². The summed E-state index contributed by atoms with van der Waals surface area (Å²) >= 11 is 0. The monoisotopic (exact) mass is 365 g/mol. The van der Waals surface area contributed by atoms with Gasteiger partial charge in [0.25, 0.3) is 0 Å². The van der Waals surface area contributed by atoms with E-state index in [1.807, 2.05) is 29.2 Å². The molecule has 0 unspecified atom stereocenters. The topological polar surface area (TPSA) is 83.8 Å². The van der Waals surface area contributed by atoms with Crippen LogP contribution in [0.2, 0.25) is 0 Å². The quantitative estimate of drug-likeness (QED) is 0.563. The summed E-state index contributed by atoms with van der Waals surface area (Å²) in [7, 11) is 0. The van der Waals surface area contributed by atoms with Crippen LogP contribution in [0.4, 0.5) is 10.3 Å². The highest BCUT2D eigenvalue weighted by Gasteiger charge is 2.27. The molecule has 138 valence electrons. The van der Waals surface area contributed by atoms with Gasteiger partial charge in [0.1, 0.15) is 11.3 Å². The molecule has 27 heavy (non-hydrogen) atoms. The predicted molar refractivity (Wildman–Crippen MR) is 102 cm³/mol. The molecule has 1 saturated carbocycles. The van der Waals surface area contributed by atoms with Crippen molar-refractivity contribution < 1.29 is 4.39 Å². The fourth-order valence-electron chi connectivity index (χ4n) is 3.21. The van der Waals surface area contributed by atoms with Gasteiger partial charge in [-0.2, -0.15) is 10.1 Å². The van der Waals surface area contributed by atoms with Crippen molar-refractivity contribution in [1.82, 2.24) is 29.5 Å². The maximum absolute atomic E-state index is 13.7. The summed E-state index contributed by atoms with van der Waals surface area (Å²) in [5.74, 6) is 0.988. The lowest BCUT2D eigenvalue weighted by atomic mass is 10.1. The highest BCUT2D eigenvalue weighted by Crippen LogP contribution is 2.41. The average Bonchev–Trinajstić information content (AvgIpc) is 3.26. The molecule has 8 heteroatoms. The van der Waals surface area contributed by atoms with E-state index < -0.39 is 5.67 Å². The Morgan fingerprint density at radius 3 is 2.93 bits per heavy atom. The van der Waals surface area contributed by atoms with E-state index in [1.165, 1.54) is 32.3 Å². The molecule has 1 aliphatic carbocycles. The fourth-order valence-corrected chi connectivity index (χ4v) is 3.21. The van der Waals surface area contributed by atoms with Crippen LogP contribution in [0.15, 0.2) is 30.9 Å². The van der Waals surface area contributed by atoms with Crippen molar-refractivity contribution in [2.75, 3.05) is 11.9 Å². The molecule has 4 aromatic rings. The summed E-state index contributed by atoms with van der Waals surface area (Å²) in [4.78, 5) is 16.8. The first-order chi connectivity index (χ1) is 13.0. The van der Waals surface area contributed by atoms with E-state index in [9.17, 15) is 4.39 Å². The van der Waals surface area contributed by atoms with Gasteiger partial charge in [-0.15, -0.1) is 0 Å². The minimum Gasteiger partial charge on any atom is -0.351 e. The maximum Gasteiger partial charge on any atom is 0.224 e. The van der Waals surface area contributed by atoms with Gasteiger partial charge < -0.3 is 10.3 Å². The van der Waals surface area contributed by atoms with E-state index in [0.717, 1.165) is 22.3 Å². The molecule has 1 aliphatic rings. The lowest BCUT2D eigenvalue weighted by molar-refractivity contribution is 0.234. The molecule has 7 nitrogen and oxygen atoms in total. The van der Waals surface area contributed by atoms with Gasteiger partial charge in [0, 0.05) is 35.1 Å². The lowest BCUT2D eigenvalue weighted by Crippen LogP contribution is -2.25. The largest absolute Gasteiger partial charge is 0.351 e. The summed E-state index contributed by atoms with van der Waals surface area (Å²) in [6, 6.07) is 1.94. The van der Waals surface area contributed by atoms with Gasteiger partial charge >= 0.3 is 0 Å². The molecule has 0 amide bonds. The van der Waals surface area contributed by atoms with Crippen molar-refractivity contribution in [2.45, 2.75) is 38.3 Å². The standard InChI is InChI=1S/C19H20FN7/c1-19(2,20)10-23-18-22-8-14-13(7-21-16(14)26-18)15-5-6-27-17(25-15)12(9-24-27)11-3-4-11/h5-9,11H,3-4,10H2,1-2H3,(H2,21,22,23,26). The normalized spacial score (nSPS) is 14.9. The zero-order valence-corrected chi connectivity index (χ0v) is 15.2. The molecular formula is C19H20FN7. The van der Waals surface area contributed by atoms with Crippen LogP contribution in [0.5, 0.6) is 0 Å². The fraction of sp³-hybridized carbons (Fsp3) is 0.368. The SMILES string of the molecule is CC(C)(F)CNc1ncc2c(-c3ccn4ncc(C5CC5)c4n3)c[nH]c2n1. The van der Waals surface area contributed by atoms with E-state index in [1.54, 1.807) is 6.20 Å². The number of hydrogen-bond acceptors (Lipinski definition) is 5. The minimum atomic E-state index is -1.33. The molecule has 2 N–H and O–H groups in total. The number of halogens is 1. The van der Waals surface area contributed by atoms with E-state index in [4.69, 9.17) is 4.98 Å². The summed E-state index contributed by atoms with van der Waals surface area (Å²) in [6.07, 6.45) is 9.90. The summed E-state index contributed by atoms with van der Waals surface area (Å²) < 4.78 is 15.5. The molecular weight excluding hydrogens is 345 g/mol. The third kappa shape index (κ3) is 3.01. The van der Waals surface area contributed by atoms with E-state index in [-0.39, 0.29) is 6.54 Å². The molecule has 4 heterocycles. The van der Waals surface area contributed by atoms with Gasteiger partial charge in [0.2, 0.25) is 5.95 Å². The second-order valence-electron chi connectivity index (χ2n) is 7.69. The van der Waals surface area contributed by atoms with Crippen molar-refractivity contribution in [3.8, 4) is 11.3 Å². The molecule has 5 rings (SSSR count). The van der Waals surface area contributed by atoms with Crippen LogP contribution in [0.1, 0.15) is 38.2 Å². The number of anilines is 1. The second kappa shape index (κ2) is 5.73. The second-order valence-corrected chi connectivity index (χ2v) is 7.69. The molecule has 4 aromatic heterocycles. The Balaban J connectivity index is 1.51. The molecule has 0 aliphatic heterocycles. The molecule has 0 spiro atoms. The Morgan fingerprint density at radius 1 is 1.30 bits per heavy atom. The number of rotatable bonds is 5. The summed E-state index contributed by atoms with van der Waals surface area (Å²) in [5.41, 5.74) is 3.28. The summed E-state index contributed by atoms with van der Waals surface area (Å²) in [5, 5.41) is 8.21. The van der Waals surface area contributed by atoms with E-state index >= 15 is 0 Å². The van der Waals surface area contributed by atoms with Crippen LogP contribution in [-0.2, 0) is 0 Å². The van der Waals surface area contributed by atoms with Crippen molar-refractivity contribution in [3.05, 3.63) is 36.4 Å². The minimum absolute atomic E-state index is 0.148. The number of aromatic amines is 1. The van der Waals surface area contributed by atoms with Crippen LogP contribution in [0.25, 0.3) is 27.9 Å². The van der Waals surface area contributed by atoms with E-state index in [0.29, 0.717) is 17.5 Å². The number of nitrogens with one attached hydrogen (secondary N) is 2. The Bertz CT molecular complexity index is 1130. The molecule has 0 atom stereocenters. The lowest BCUT2D eigenvalue weighted by Gasteiger charge is -2.14. The van der Waals surface area contributed by atoms with Crippen LogP contribution in [0, 0.1) is 0 Å². The number of H-pyrrole nitrogens is 1. The first-order valence-electron chi connectivity index (χ1n) is 9.09. The molecule has 0 radical (unpaired) electrons. The van der Waals surface area contributed by atoms with Crippen LogP contribution in [0.3, 0.4) is 0 Å². The first kappa shape index (κ1) is 16.2. The highest BCUT2D eigenvalue weighted by atomic mass is 19.1.